The van der Waals surface area contributed by atoms with E-state index in [9.17, 15) is 20.4 Å². The van der Waals surface area contributed by atoms with Gasteiger partial charge in [-0.25, -0.2) is 9.78 Å². The quantitative estimate of drug-likeness (QED) is 0.464. The van der Waals surface area contributed by atoms with Crippen LogP contribution < -0.4 is 16.4 Å². The first-order valence-electron chi connectivity index (χ1n) is 7.53. The molecule has 0 aliphatic carbocycles. The number of nitrogens with one attached hydrogen (secondary N) is 2. The van der Waals surface area contributed by atoms with Crippen LogP contribution in [0.4, 0.5) is 10.6 Å². The Bertz CT molecular complexity index is 899. The SMILES string of the molecule is CNC(=O)NCCSc1nc(N)c(C#N)c(-c2ccc(O)cc2)c1C#N. The number of phenolic OH excluding ortho intramolecular Hbond substituents is 1. The van der Waals surface area contributed by atoms with E-state index in [-0.39, 0.29) is 28.7 Å². The number of nitrogens with two attached hydrogens (primary N) is 1. The third-order valence-corrected chi connectivity index (χ3v) is 4.40. The average molecular weight is 368 g/mol. The normalized spacial score (nSPS) is 9.81. The van der Waals surface area contributed by atoms with Gasteiger partial charge in [0.05, 0.1) is 5.56 Å². The lowest BCUT2D eigenvalue weighted by Crippen LogP contribution is -2.34. The number of amides is 2. The lowest BCUT2D eigenvalue weighted by Gasteiger charge is -2.13. The molecule has 2 amide bonds. The molecule has 0 aliphatic rings. The Morgan fingerprint density at radius 2 is 1.92 bits per heavy atom. The van der Waals surface area contributed by atoms with Gasteiger partial charge in [0.25, 0.3) is 0 Å². The standard InChI is InChI=1S/C17H16N6O2S/c1-21-17(25)22-6-7-26-16-13(9-19)14(12(8-18)15(20)23-16)10-2-4-11(24)5-3-10/h2-5,24H,6-7H2,1H3,(H2,20,23)(H2,21,22,25). The molecule has 1 heterocycles. The molecule has 8 nitrogen and oxygen atoms in total. The summed E-state index contributed by atoms with van der Waals surface area (Å²) in [6.07, 6.45) is 0. The van der Waals surface area contributed by atoms with Gasteiger partial charge in [-0.05, 0) is 17.7 Å². The minimum atomic E-state index is -0.303. The highest BCUT2D eigenvalue weighted by Gasteiger charge is 2.20. The van der Waals surface area contributed by atoms with E-state index >= 15 is 0 Å². The minimum Gasteiger partial charge on any atom is -0.508 e. The molecule has 9 heteroatoms. The molecule has 2 aromatic rings. The van der Waals surface area contributed by atoms with E-state index in [0.717, 1.165) is 0 Å². The van der Waals surface area contributed by atoms with E-state index in [4.69, 9.17) is 5.73 Å². The molecule has 0 bridgehead atoms. The summed E-state index contributed by atoms with van der Waals surface area (Å²) in [7, 11) is 1.52. The van der Waals surface area contributed by atoms with Gasteiger partial charge in [-0.1, -0.05) is 12.1 Å². The number of rotatable bonds is 5. The summed E-state index contributed by atoms with van der Waals surface area (Å²) in [6, 6.07) is 9.92. The Balaban J connectivity index is 2.42. The fourth-order valence-corrected chi connectivity index (χ4v) is 3.07. The van der Waals surface area contributed by atoms with E-state index in [1.54, 1.807) is 12.1 Å². The Kier molecular flexibility index (Phi) is 6.25. The molecule has 0 aliphatic heterocycles. The van der Waals surface area contributed by atoms with Gasteiger partial charge in [0, 0.05) is 24.9 Å². The smallest absolute Gasteiger partial charge is 0.314 e. The first-order valence-corrected chi connectivity index (χ1v) is 8.51. The zero-order chi connectivity index (χ0) is 19.1. The molecular formula is C17H16N6O2S. The number of anilines is 1. The number of thioether (sulfide) groups is 1. The summed E-state index contributed by atoms with van der Waals surface area (Å²) in [4.78, 5) is 15.3. The van der Waals surface area contributed by atoms with Gasteiger partial charge in [-0.2, -0.15) is 10.5 Å². The number of pyridine rings is 1. The second-order valence-corrected chi connectivity index (χ2v) is 6.14. The number of hydrogen-bond acceptors (Lipinski definition) is 7. The summed E-state index contributed by atoms with van der Waals surface area (Å²) in [6.45, 7) is 0.366. The number of nitrogens with zero attached hydrogens (tertiary/aromatic N) is 3. The van der Waals surface area contributed by atoms with Crippen molar-refractivity contribution >= 4 is 23.6 Å². The van der Waals surface area contributed by atoms with E-state index < -0.39 is 0 Å². The number of nitrogen functional groups attached to an aromatic ring is 1. The molecule has 0 saturated carbocycles. The van der Waals surface area contributed by atoms with Crippen molar-refractivity contribution in [3.8, 4) is 29.0 Å². The average Bonchev–Trinajstić information content (AvgIpc) is 2.65. The van der Waals surface area contributed by atoms with Gasteiger partial charge in [-0.3, -0.25) is 0 Å². The van der Waals surface area contributed by atoms with Crippen LogP contribution in [0.5, 0.6) is 5.75 Å². The van der Waals surface area contributed by atoms with Crippen molar-refractivity contribution in [3.05, 3.63) is 35.4 Å². The first-order chi connectivity index (χ1) is 12.5. The fourth-order valence-electron chi connectivity index (χ4n) is 2.22. The summed E-state index contributed by atoms with van der Waals surface area (Å²) in [5, 5.41) is 34.0. The third-order valence-electron chi connectivity index (χ3n) is 3.43. The molecule has 0 radical (unpaired) electrons. The largest absolute Gasteiger partial charge is 0.508 e. The van der Waals surface area contributed by atoms with Gasteiger partial charge < -0.3 is 21.5 Å². The molecule has 0 atom stereocenters. The molecule has 0 fully saturated rings. The van der Waals surface area contributed by atoms with Crippen molar-refractivity contribution in [1.29, 1.82) is 10.5 Å². The van der Waals surface area contributed by atoms with E-state index in [2.05, 4.69) is 21.7 Å². The van der Waals surface area contributed by atoms with Crippen LogP contribution in [0.3, 0.4) is 0 Å². The van der Waals surface area contributed by atoms with Gasteiger partial charge in [-0.15, -0.1) is 11.8 Å². The maximum atomic E-state index is 11.2. The molecule has 1 aromatic carbocycles. The second-order valence-electron chi connectivity index (χ2n) is 5.05. The third kappa shape index (κ3) is 4.15. The van der Waals surface area contributed by atoms with Crippen LogP contribution in [-0.2, 0) is 0 Å². The monoisotopic (exact) mass is 368 g/mol. The van der Waals surface area contributed by atoms with Crippen molar-refractivity contribution in [3.63, 3.8) is 0 Å². The van der Waals surface area contributed by atoms with Gasteiger partial charge in [0.2, 0.25) is 0 Å². The number of aromatic nitrogens is 1. The Labute approximate surface area is 154 Å². The minimum absolute atomic E-state index is 0.0244. The van der Waals surface area contributed by atoms with Crippen molar-refractivity contribution in [2.24, 2.45) is 0 Å². The summed E-state index contributed by atoms with van der Waals surface area (Å²) in [5.74, 6) is 0.564. The summed E-state index contributed by atoms with van der Waals surface area (Å²) >= 11 is 1.25. The highest BCUT2D eigenvalue weighted by atomic mass is 32.2. The second kappa shape index (κ2) is 8.60. The zero-order valence-electron chi connectivity index (χ0n) is 13.9. The number of carbonyl (C=O) groups is 1. The van der Waals surface area contributed by atoms with Crippen LogP contribution >= 0.6 is 11.8 Å². The molecule has 132 valence electrons. The summed E-state index contributed by atoms with van der Waals surface area (Å²) in [5.41, 5.74) is 7.21. The molecular weight excluding hydrogens is 352 g/mol. The number of hydrogen-bond donors (Lipinski definition) is 4. The van der Waals surface area contributed by atoms with Crippen LogP contribution in [0.15, 0.2) is 29.3 Å². The highest BCUT2D eigenvalue weighted by Crippen LogP contribution is 2.35. The maximum Gasteiger partial charge on any atom is 0.314 e. The number of aromatic hydroxyl groups is 1. The van der Waals surface area contributed by atoms with Gasteiger partial charge >= 0.3 is 6.03 Å². The number of phenols is 1. The predicted octanol–water partition coefficient (Wildman–Crippen LogP) is 1.80. The van der Waals surface area contributed by atoms with E-state index in [0.29, 0.717) is 28.5 Å². The lowest BCUT2D eigenvalue weighted by molar-refractivity contribution is 0.243. The summed E-state index contributed by atoms with van der Waals surface area (Å²) < 4.78 is 0. The number of carbonyl (C=O) groups excluding carboxylic acids is 1. The molecule has 0 unspecified atom stereocenters. The van der Waals surface area contributed by atoms with Crippen molar-refractivity contribution in [2.75, 3.05) is 25.1 Å². The van der Waals surface area contributed by atoms with Crippen LogP contribution in [0.25, 0.3) is 11.1 Å². The van der Waals surface area contributed by atoms with Crippen molar-refractivity contribution < 1.29 is 9.90 Å². The number of nitriles is 2. The molecule has 0 saturated heterocycles. The van der Waals surface area contributed by atoms with Crippen LogP contribution in [-0.4, -0.2) is 35.5 Å². The van der Waals surface area contributed by atoms with Crippen LogP contribution in [0.1, 0.15) is 11.1 Å². The molecule has 1 aromatic heterocycles. The number of urea groups is 1. The van der Waals surface area contributed by atoms with Crippen molar-refractivity contribution in [2.45, 2.75) is 5.03 Å². The van der Waals surface area contributed by atoms with E-state index in [1.807, 2.05) is 6.07 Å². The Hall–Kier alpha value is -3.43. The van der Waals surface area contributed by atoms with Crippen LogP contribution in [0, 0.1) is 22.7 Å². The molecule has 26 heavy (non-hydrogen) atoms. The Morgan fingerprint density at radius 1 is 1.27 bits per heavy atom. The maximum absolute atomic E-state index is 11.2. The first kappa shape index (κ1) is 18.9. The molecule has 2 rings (SSSR count). The van der Waals surface area contributed by atoms with Gasteiger partial charge in [0.15, 0.2) is 0 Å². The Morgan fingerprint density at radius 3 is 2.50 bits per heavy atom. The van der Waals surface area contributed by atoms with Crippen molar-refractivity contribution in [1.82, 2.24) is 15.6 Å². The lowest BCUT2D eigenvalue weighted by atomic mass is 9.97. The highest BCUT2D eigenvalue weighted by molar-refractivity contribution is 7.99. The van der Waals surface area contributed by atoms with E-state index in [1.165, 1.54) is 30.9 Å². The molecule has 0 spiro atoms. The molecule has 5 N–H and O–H groups in total. The number of benzene rings is 1. The zero-order valence-corrected chi connectivity index (χ0v) is 14.7. The van der Waals surface area contributed by atoms with Crippen LogP contribution in [0.2, 0.25) is 0 Å². The fraction of sp³-hybridized carbons (Fsp3) is 0.176. The van der Waals surface area contributed by atoms with Gasteiger partial charge in [0.1, 0.15) is 34.3 Å². The predicted molar refractivity (Wildman–Crippen MR) is 98.4 cm³/mol. The topological polar surface area (TPSA) is 148 Å².